The maximum absolute atomic E-state index is 5.54. The molecule has 62 valence electrons. The fourth-order valence-electron chi connectivity index (χ4n) is 2.31. The van der Waals surface area contributed by atoms with Crippen molar-refractivity contribution in [2.75, 3.05) is 6.61 Å². The van der Waals surface area contributed by atoms with E-state index in [1.807, 2.05) is 0 Å². The van der Waals surface area contributed by atoms with Crippen LogP contribution in [-0.4, -0.2) is 6.61 Å². The lowest BCUT2D eigenvalue weighted by Crippen LogP contribution is -2.01. The molecule has 1 aromatic carbocycles. The minimum Gasteiger partial charge on any atom is -0.364 e. The molecule has 0 aromatic heterocycles. The molecule has 1 nitrogen and oxygen atoms in total. The fourth-order valence-corrected chi connectivity index (χ4v) is 2.31. The van der Waals surface area contributed by atoms with Crippen molar-refractivity contribution < 1.29 is 4.74 Å². The van der Waals surface area contributed by atoms with Crippen molar-refractivity contribution in [2.24, 2.45) is 0 Å². The summed E-state index contributed by atoms with van der Waals surface area (Å²) in [6.07, 6.45) is 2.41. The van der Waals surface area contributed by atoms with Crippen molar-refractivity contribution in [3.8, 4) is 0 Å². The van der Waals surface area contributed by atoms with E-state index in [1.165, 1.54) is 29.5 Å². The molecule has 1 spiro atoms. The second-order valence-electron chi connectivity index (χ2n) is 3.88. The minimum atomic E-state index is 0.168. The van der Waals surface area contributed by atoms with E-state index in [4.69, 9.17) is 4.74 Å². The van der Waals surface area contributed by atoms with Gasteiger partial charge in [-0.05, 0) is 36.5 Å². The Kier molecular flexibility index (Phi) is 1.06. The Hall–Kier alpha value is -0.820. The highest BCUT2D eigenvalue weighted by molar-refractivity contribution is 5.44. The summed E-state index contributed by atoms with van der Waals surface area (Å²) in [4.78, 5) is 0. The summed E-state index contributed by atoms with van der Waals surface area (Å²) in [5.41, 5.74) is 4.60. The third-order valence-electron chi connectivity index (χ3n) is 3.17. The summed E-state index contributed by atoms with van der Waals surface area (Å²) in [6.45, 7) is 3.14. The predicted octanol–water partition coefficient (Wildman–Crippen LogP) is 2.17. The van der Waals surface area contributed by atoms with Crippen LogP contribution in [0.5, 0.6) is 0 Å². The Morgan fingerprint density at radius 3 is 3.00 bits per heavy atom. The van der Waals surface area contributed by atoms with Crippen LogP contribution in [0.15, 0.2) is 18.2 Å². The lowest BCUT2D eigenvalue weighted by atomic mass is 10.00. The average molecular weight is 160 g/mol. The first-order valence-corrected chi connectivity index (χ1v) is 4.55. The summed E-state index contributed by atoms with van der Waals surface area (Å²) in [7, 11) is 0. The Morgan fingerprint density at radius 2 is 2.25 bits per heavy atom. The van der Waals surface area contributed by atoms with Crippen LogP contribution in [0.25, 0.3) is 0 Å². The van der Waals surface area contributed by atoms with Crippen molar-refractivity contribution in [3.05, 3.63) is 34.9 Å². The van der Waals surface area contributed by atoms with Crippen molar-refractivity contribution in [1.29, 1.82) is 0 Å². The molecule has 0 saturated carbocycles. The van der Waals surface area contributed by atoms with E-state index >= 15 is 0 Å². The number of aryl methyl sites for hydroxylation is 1. The van der Waals surface area contributed by atoms with Gasteiger partial charge in [-0.1, -0.05) is 18.2 Å². The van der Waals surface area contributed by atoms with Gasteiger partial charge in [-0.3, -0.25) is 0 Å². The Labute approximate surface area is 72.4 Å². The van der Waals surface area contributed by atoms with E-state index in [-0.39, 0.29) is 5.60 Å². The molecule has 1 fully saturated rings. The average Bonchev–Trinajstić information content (AvgIpc) is 2.73. The van der Waals surface area contributed by atoms with Gasteiger partial charge in [0.2, 0.25) is 0 Å². The molecule has 0 amide bonds. The van der Waals surface area contributed by atoms with E-state index in [1.54, 1.807) is 0 Å². The van der Waals surface area contributed by atoms with Crippen LogP contribution >= 0.6 is 0 Å². The molecule has 1 aromatic rings. The fraction of sp³-hybridized carbons (Fsp3) is 0.455. The van der Waals surface area contributed by atoms with E-state index < -0.39 is 0 Å². The van der Waals surface area contributed by atoms with Crippen LogP contribution < -0.4 is 0 Å². The van der Waals surface area contributed by atoms with E-state index in [0.717, 1.165) is 6.61 Å². The van der Waals surface area contributed by atoms with Crippen LogP contribution in [0, 0.1) is 6.92 Å². The zero-order valence-corrected chi connectivity index (χ0v) is 7.26. The van der Waals surface area contributed by atoms with Gasteiger partial charge in [0, 0.05) is 0 Å². The molecule has 0 radical (unpaired) electrons. The number of ether oxygens (including phenoxy) is 1. The van der Waals surface area contributed by atoms with Gasteiger partial charge in [0.25, 0.3) is 0 Å². The number of hydrogen-bond donors (Lipinski definition) is 0. The van der Waals surface area contributed by atoms with Crippen LogP contribution in [-0.2, 0) is 16.8 Å². The number of benzene rings is 1. The largest absolute Gasteiger partial charge is 0.364 e. The highest BCUT2D eigenvalue weighted by Gasteiger charge is 2.50. The first-order valence-electron chi connectivity index (χ1n) is 4.55. The maximum Gasteiger partial charge on any atom is 0.117 e. The molecule has 0 N–H and O–H groups in total. The second kappa shape index (κ2) is 1.91. The zero-order chi connectivity index (χ0) is 8.18. The lowest BCUT2D eigenvalue weighted by Gasteiger charge is -2.05. The van der Waals surface area contributed by atoms with Crippen molar-refractivity contribution >= 4 is 0 Å². The first-order chi connectivity index (χ1) is 5.82. The second-order valence-corrected chi connectivity index (χ2v) is 3.88. The Balaban J connectivity index is 2.23. The summed E-state index contributed by atoms with van der Waals surface area (Å²) in [5.74, 6) is 0. The molecule has 3 rings (SSSR count). The van der Waals surface area contributed by atoms with Gasteiger partial charge in [0.05, 0.1) is 6.61 Å². The molecule has 1 aliphatic carbocycles. The molecule has 12 heavy (non-hydrogen) atoms. The highest BCUT2D eigenvalue weighted by Crippen LogP contribution is 2.49. The Morgan fingerprint density at radius 1 is 1.42 bits per heavy atom. The summed E-state index contributed by atoms with van der Waals surface area (Å²) < 4.78 is 5.54. The van der Waals surface area contributed by atoms with Crippen molar-refractivity contribution in [2.45, 2.75) is 25.4 Å². The molecule has 2 aliphatic rings. The molecular weight excluding hydrogens is 148 g/mol. The third-order valence-corrected chi connectivity index (χ3v) is 3.17. The van der Waals surface area contributed by atoms with Crippen LogP contribution in [0.4, 0.5) is 0 Å². The number of hydrogen-bond acceptors (Lipinski definition) is 1. The van der Waals surface area contributed by atoms with Gasteiger partial charge in [0.15, 0.2) is 0 Å². The van der Waals surface area contributed by atoms with Gasteiger partial charge in [-0.25, -0.2) is 0 Å². The van der Waals surface area contributed by atoms with Crippen molar-refractivity contribution in [3.63, 3.8) is 0 Å². The standard InChI is InChI=1S/C11H12O/c1-8-3-2-4-10-9(8)5-6-11(10)7-12-11/h2-4H,5-7H2,1H3. The highest BCUT2D eigenvalue weighted by atomic mass is 16.6. The molecular formula is C11H12O. The normalized spacial score (nSPS) is 30.8. The molecule has 1 aliphatic heterocycles. The third kappa shape index (κ3) is 0.674. The number of fused-ring (bicyclic) bond motifs is 2. The molecule has 1 heteroatoms. The summed E-state index contributed by atoms with van der Waals surface area (Å²) >= 11 is 0. The SMILES string of the molecule is Cc1cccc2c1CCC21CO1. The van der Waals surface area contributed by atoms with Crippen LogP contribution in [0.3, 0.4) is 0 Å². The van der Waals surface area contributed by atoms with Gasteiger partial charge in [-0.2, -0.15) is 0 Å². The first kappa shape index (κ1) is 6.67. The van der Waals surface area contributed by atoms with Gasteiger partial charge >= 0.3 is 0 Å². The van der Waals surface area contributed by atoms with E-state index in [2.05, 4.69) is 25.1 Å². The monoisotopic (exact) mass is 160 g/mol. The number of rotatable bonds is 0. The van der Waals surface area contributed by atoms with Gasteiger partial charge in [-0.15, -0.1) is 0 Å². The van der Waals surface area contributed by atoms with E-state index in [0.29, 0.717) is 0 Å². The molecule has 1 unspecified atom stereocenters. The summed E-state index contributed by atoms with van der Waals surface area (Å²) in [5, 5.41) is 0. The Bertz CT molecular complexity index is 337. The maximum atomic E-state index is 5.54. The zero-order valence-electron chi connectivity index (χ0n) is 7.26. The van der Waals surface area contributed by atoms with Crippen LogP contribution in [0.1, 0.15) is 23.1 Å². The summed E-state index contributed by atoms with van der Waals surface area (Å²) in [6, 6.07) is 6.56. The predicted molar refractivity (Wildman–Crippen MR) is 47.1 cm³/mol. The molecule has 1 heterocycles. The van der Waals surface area contributed by atoms with Crippen LogP contribution in [0.2, 0.25) is 0 Å². The number of epoxide rings is 1. The molecule has 1 saturated heterocycles. The minimum absolute atomic E-state index is 0.168. The van der Waals surface area contributed by atoms with Gasteiger partial charge in [0.1, 0.15) is 5.60 Å². The quantitative estimate of drug-likeness (QED) is 0.530. The lowest BCUT2D eigenvalue weighted by molar-refractivity contribution is 0.308. The molecule has 0 bridgehead atoms. The van der Waals surface area contributed by atoms with E-state index in [9.17, 15) is 0 Å². The topological polar surface area (TPSA) is 12.5 Å². The van der Waals surface area contributed by atoms with Gasteiger partial charge < -0.3 is 4.74 Å². The molecule has 1 atom stereocenters. The smallest absolute Gasteiger partial charge is 0.117 e. The van der Waals surface area contributed by atoms with Crippen molar-refractivity contribution in [1.82, 2.24) is 0 Å².